The summed E-state index contributed by atoms with van der Waals surface area (Å²) in [4.78, 5) is 26.9. The van der Waals surface area contributed by atoms with Gasteiger partial charge in [0.05, 0.1) is 0 Å². The molecule has 2 aromatic carbocycles. The summed E-state index contributed by atoms with van der Waals surface area (Å²) in [7, 11) is 1.56. The third kappa shape index (κ3) is 6.23. The molecule has 0 saturated carbocycles. The molecule has 0 aliphatic rings. The number of nitrogens with one attached hydrogen (secondary N) is 1. The number of halogens is 2. The summed E-state index contributed by atoms with van der Waals surface area (Å²) in [6.45, 7) is 8.39. The lowest BCUT2D eigenvalue weighted by molar-refractivity contribution is -0.140. The van der Waals surface area contributed by atoms with E-state index in [1.54, 1.807) is 32.2 Å². The molecule has 2 aromatic rings. The van der Waals surface area contributed by atoms with E-state index in [-0.39, 0.29) is 30.2 Å². The van der Waals surface area contributed by atoms with E-state index in [0.29, 0.717) is 22.0 Å². The molecule has 1 unspecified atom stereocenters. The van der Waals surface area contributed by atoms with Gasteiger partial charge < -0.3 is 10.2 Å². The number of carbonyl (C=O) groups is 2. The van der Waals surface area contributed by atoms with Crippen LogP contribution in [0.1, 0.15) is 50.8 Å². The van der Waals surface area contributed by atoms with Crippen LogP contribution in [-0.4, -0.2) is 29.8 Å². The maximum atomic E-state index is 13.1. The number of benzene rings is 2. The number of hydrogen-bond donors (Lipinski definition) is 1. The molecular formula is C24H30Cl2N2O2. The van der Waals surface area contributed by atoms with Gasteiger partial charge in [0.15, 0.2) is 0 Å². The third-order valence-electron chi connectivity index (χ3n) is 5.25. The van der Waals surface area contributed by atoms with Crippen molar-refractivity contribution in [3.05, 3.63) is 69.2 Å². The fourth-order valence-electron chi connectivity index (χ4n) is 3.21. The van der Waals surface area contributed by atoms with Crippen LogP contribution in [-0.2, 0) is 28.0 Å². The van der Waals surface area contributed by atoms with E-state index in [9.17, 15) is 9.59 Å². The highest BCUT2D eigenvalue weighted by Gasteiger charge is 2.26. The van der Waals surface area contributed by atoms with E-state index in [2.05, 4.69) is 50.4 Å². The van der Waals surface area contributed by atoms with Gasteiger partial charge in [-0.05, 0) is 42.0 Å². The molecule has 0 heterocycles. The Morgan fingerprint density at radius 3 is 2.10 bits per heavy atom. The minimum Gasteiger partial charge on any atom is -0.357 e. The molecule has 0 fully saturated rings. The minimum atomic E-state index is -0.641. The van der Waals surface area contributed by atoms with E-state index < -0.39 is 6.04 Å². The Kier molecular flexibility index (Phi) is 8.34. The smallest absolute Gasteiger partial charge is 0.242 e. The van der Waals surface area contributed by atoms with E-state index in [1.165, 1.54) is 10.5 Å². The number of amides is 2. The molecule has 0 bridgehead atoms. The zero-order valence-electron chi connectivity index (χ0n) is 18.3. The van der Waals surface area contributed by atoms with Gasteiger partial charge in [0.25, 0.3) is 0 Å². The normalized spacial score (nSPS) is 12.4. The van der Waals surface area contributed by atoms with Gasteiger partial charge in [-0.2, -0.15) is 0 Å². The lowest BCUT2D eigenvalue weighted by Crippen LogP contribution is -2.46. The van der Waals surface area contributed by atoms with Gasteiger partial charge in [-0.25, -0.2) is 0 Å². The predicted molar refractivity (Wildman–Crippen MR) is 124 cm³/mol. The maximum Gasteiger partial charge on any atom is 0.242 e. The molecule has 0 radical (unpaired) electrons. The lowest BCUT2D eigenvalue weighted by atomic mass is 9.86. The summed E-state index contributed by atoms with van der Waals surface area (Å²) in [5.74, 6) is -0.358. The summed E-state index contributed by atoms with van der Waals surface area (Å²) < 4.78 is 0. The van der Waals surface area contributed by atoms with Crippen LogP contribution in [0.15, 0.2) is 42.5 Å². The Bertz CT molecular complexity index is 869. The highest BCUT2D eigenvalue weighted by Crippen LogP contribution is 2.27. The highest BCUT2D eigenvalue weighted by molar-refractivity contribution is 6.36. The second-order valence-corrected chi connectivity index (χ2v) is 9.27. The Labute approximate surface area is 189 Å². The fourth-order valence-corrected chi connectivity index (χ4v) is 3.73. The monoisotopic (exact) mass is 448 g/mol. The molecule has 2 rings (SSSR count). The van der Waals surface area contributed by atoms with Crippen LogP contribution in [0.4, 0.5) is 0 Å². The topological polar surface area (TPSA) is 49.4 Å². The van der Waals surface area contributed by atoms with Gasteiger partial charge in [-0.15, -0.1) is 0 Å². The van der Waals surface area contributed by atoms with Crippen LogP contribution in [0.25, 0.3) is 0 Å². The zero-order valence-corrected chi connectivity index (χ0v) is 19.8. The fraction of sp³-hybridized carbons (Fsp3) is 0.417. The van der Waals surface area contributed by atoms with Crippen molar-refractivity contribution in [1.82, 2.24) is 10.2 Å². The summed E-state index contributed by atoms with van der Waals surface area (Å²) in [5, 5.41) is 3.56. The second kappa shape index (κ2) is 10.3. The number of aryl methyl sites for hydroxylation is 1. The van der Waals surface area contributed by atoms with E-state index in [0.717, 1.165) is 5.56 Å². The largest absolute Gasteiger partial charge is 0.357 e. The average Bonchev–Trinajstić information content (AvgIpc) is 2.70. The first-order valence-electron chi connectivity index (χ1n) is 10.1. The van der Waals surface area contributed by atoms with E-state index in [4.69, 9.17) is 23.2 Å². The number of rotatable bonds is 7. The van der Waals surface area contributed by atoms with Gasteiger partial charge in [-0.3, -0.25) is 9.59 Å². The first kappa shape index (κ1) is 24.2. The Balaban J connectivity index is 2.17. The van der Waals surface area contributed by atoms with Gasteiger partial charge in [0.2, 0.25) is 11.8 Å². The number of nitrogens with zero attached hydrogens (tertiary/aromatic N) is 1. The predicted octanol–water partition coefficient (Wildman–Crippen LogP) is 5.39. The van der Waals surface area contributed by atoms with Crippen molar-refractivity contribution in [2.75, 3.05) is 7.05 Å². The molecule has 1 N–H and O–H groups in total. The van der Waals surface area contributed by atoms with Crippen LogP contribution in [0, 0.1) is 0 Å². The molecule has 4 nitrogen and oxygen atoms in total. The summed E-state index contributed by atoms with van der Waals surface area (Å²) in [6, 6.07) is 12.9. The van der Waals surface area contributed by atoms with Crippen molar-refractivity contribution in [3.8, 4) is 0 Å². The molecule has 2 amide bonds. The van der Waals surface area contributed by atoms with Crippen LogP contribution < -0.4 is 5.32 Å². The average molecular weight is 449 g/mol. The molecule has 0 aliphatic carbocycles. The van der Waals surface area contributed by atoms with Crippen molar-refractivity contribution in [2.24, 2.45) is 0 Å². The van der Waals surface area contributed by atoms with Crippen molar-refractivity contribution < 1.29 is 9.59 Å². The number of carbonyl (C=O) groups excluding carboxylic acids is 2. The van der Waals surface area contributed by atoms with Gasteiger partial charge in [-0.1, -0.05) is 74.3 Å². The van der Waals surface area contributed by atoms with Crippen molar-refractivity contribution in [3.63, 3.8) is 0 Å². The molecule has 6 heteroatoms. The Morgan fingerprint density at radius 2 is 1.60 bits per heavy atom. The minimum absolute atomic E-state index is 0.0856. The first-order chi connectivity index (χ1) is 14.0. The summed E-state index contributed by atoms with van der Waals surface area (Å²) in [5.41, 5.74) is 3.06. The lowest BCUT2D eigenvalue weighted by Gasteiger charge is -2.29. The van der Waals surface area contributed by atoms with Crippen LogP contribution in [0.2, 0.25) is 10.0 Å². The van der Waals surface area contributed by atoms with Crippen LogP contribution in [0.5, 0.6) is 0 Å². The van der Waals surface area contributed by atoms with Gasteiger partial charge in [0, 0.05) is 35.6 Å². The molecule has 0 saturated heterocycles. The molecule has 0 spiro atoms. The number of likely N-dealkylation sites (N-methyl/N-ethyl adjacent to an activating group) is 1. The molecule has 30 heavy (non-hydrogen) atoms. The van der Waals surface area contributed by atoms with Crippen LogP contribution in [0.3, 0.4) is 0 Å². The molecule has 0 aromatic heterocycles. The molecule has 1 atom stereocenters. The van der Waals surface area contributed by atoms with Gasteiger partial charge >= 0.3 is 0 Å². The maximum absolute atomic E-state index is 13.1. The first-order valence-corrected chi connectivity index (χ1v) is 10.8. The molecule has 162 valence electrons. The highest BCUT2D eigenvalue weighted by atomic mass is 35.5. The second-order valence-electron chi connectivity index (χ2n) is 8.46. The Hall–Kier alpha value is -2.04. The summed E-state index contributed by atoms with van der Waals surface area (Å²) in [6.07, 6.45) is 0.884. The Morgan fingerprint density at radius 1 is 1.03 bits per heavy atom. The third-order valence-corrected chi connectivity index (χ3v) is 5.96. The number of hydrogen-bond acceptors (Lipinski definition) is 2. The SMILES string of the molecule is CNC(=O)C(C)N(Cc1c(Cl)cccc1Cl)C(=O)CCc1ccc(C(C)(C)C)cc1. The molecule has 0 aliphatic heterocycles. The zero-order chi connectivity index (χ0) is 22.5. The standard InChI is InChI=1S/C24H30Cl2N2O2/c1-16(23(30)27-5)28(15-19-20(25)7-6-8-21(19)26)22(29)14-11-17-9-12-18(13-10-17)24(2,3)4/h6-10,12-13,16H,11,14-15H2,1-5H3,(H,27,30). The van der Waals surface area contributed by atoms with Gasteiger partial charge in [0.1, 0.15) is 6.04 Å². The van der Waals surface area contributed by atoms with E-state index in [1.807, 2.05) is 0 Å². The van der Waals surface area contributed by atoms with Crippen LogP contribution >= 0.6 is 23.2 Å². The van der Waals surface area contributed by atoms with E-state index >= 15 is 0 Å². The van der Waals surface area contributed by atoms with Crippen molar-refractivity contribution in [2.45, 2.75) is 58.5 Å². The molecular weight excluding hydrogens is 419 g/mol. The van der Waals surface area contributed by atoms with Crippen molar-refractivity contribution in [1.29, 1.82) is 0 Å². The van der Waals surface area contributed by atoms with Crippen molar-refractivity contribution >= 4 is 35.0 Å². The summed E-state index contributed by atoms with van der Waals surface area (Å²) >= 11 is 12.6. The quantitative estimate of drug-likeness (QED) is 0.617.